The van der Waals surface area contributed by atoms with Crippen LogP contribution in [0.5, 0.6) is 0 Å². The molecule has 0 bridgehead atoms. The second-order valence-electron chi connectivity index (χ2n) is 2.91. The summed E-state index contributed by atoms with van der Waals surface area (Å²) in [4.78, 5) is 11.0. The molecule has 0 saturated carbocycles. The van der Waals surface area contributed by atoms with Gasteiger partial charge in [-0.1, -0.05) is 19.1 Å². The van der Waals surface area contributed by atoms with Crippen molar-refractivity contribution >= 4 is 17.7 Å². The molecular formula is C11H18O2S. The lowest BCUT2D eigenvalue weighted by Crippen LogP contribution is -2.09. The van der Waals surface area contributed by atoms with Crippen molar-refractivity contribution in [1.82, 2.24) is 0 Å². The van der Waals surface area contributed by atoms with Gasteiger partial charge in [0.05, 0.1) is 6.61 Å². The summed E-state index contributed by atoms with van der Waals surface area (Å²) < 4.78 is 4.79. The Bertz CT molecular complexity index is 211. The maximum absolute atomic E-state index is 11.0. The van der Waals surface area contributed by atoms with Crippen LogP contribution in [0.1, 0.15) is 13.8 Å². The fourth-order valence-corrected chi connectivity index (χ4v) is 1.74. The molecule has 0 aromatic carbocycles. The topological polar surface area (TPSA) is 26.3 Å². The number of carbonyl (C=O) groups excluding carboxylic acids is 1. The lowest BCUT2D eigenvalue weighted by molar-refractivity contribution is -0.137. The number of thioether (sulfide) groups is 1. The Labute approximate surface area is 90.4 Å². The molecular weight excluding hydrogens is 196 g/mol. The van der Waals surface area contributed by atoms with Gasteiger partial charge in [-0.05, 0) is 19.1 Å². The Kier molecular flexibility index (Phi) is 7.30. The zero-order chi connectivity index (χ0) is 11.0. The molecule has 0 aromatic rings. The molecule has 0 spiro atoms. The molecule has 80 valence electrons. The normalized spacial score (nSPS) is 15.1. The summed E-state index contributed by atoms with van der Waals surface area (Å²) in [6, 6.07) is 0. The molecule has 0 amide bonds. The number of ether oxygens (including phenoxy) is 1. The molecule has 0 aromatic heterocycles. The molecule has 2 unspecified atom stereocenters. The third-order valence-electron chi connectivity index (χ3n) is 1.87. The van der Waals surface area contributed by atoms with Gasteiger partial charge in [0, 0.05) is 11.3 Å². The molecule has 0 aliphatic rings. The number of rotatable bonds is 6. The van der Waals surface area contributed by atoms with Crippen molar-refractivity contribution in [2.24, 2.45) is 5.92 Å². The van der Waals surface area contributed by atoms with E-state index in [2.05, 4.69) is 13.5 Å². The Morgan fingerprint density at radius 3 is 2.71 bits per heavy atom. The molecule has 2 nitrogen and oxygen atoms in total. The summed E-state index contributed by atoms with van der Waals surface area (Å²) in [7, 11) is 0. The summed E-state index contributed by atoms with van der Waals surface area (Å²) in [6.45, 7) is 8.02. The molecule has 3 heteroatoms. The highest BCUT2D eigenvalue weighted by atomic mass is 32.2. The standard InChI is InChI=1S/C11H18O2S/c1-5-9(3)10(14-4)7-8-11(12)13-6-2/h5,7-10H,1,6H2,2-4H3. The molecule has 0 rings (SSSR count). The Morgan fingerprint density at radius 1 is 1.64 bits per heavy atom. The van der Waals surface area contributed by atoms with E-state index in [-0.39, 0.29) is 11.2 Å². The van der Waals surface area contributed by atoms with Gasteiger partial charge in [0.2, 0.25) is 0 Å². The van der Waals surface area contributed by atoms with E-state index in [0.717, 1.165) is 0 Å². The van der Waals surface area contributed by atoms with Crippen LogP contribution in [0.2, 0.25) is 0 Å². The fourth-order valence-electron chi connectivity index (χ4n) is 0.966. The molecule has 0 saturated heterocycles. The van der Waals surface area contributed by atoms with Crippen molar-refractivity contribution in [3.05, 3.63) is 24.8 Å². The Balaban J connectivity index is 4.16. The monoisotopic (exact) mass is 214 g/mol. The number of allylic oxidation sites excluding steroid dienone is 1. The number of hydrogen-bond donors (Lipinski definition) is 0. The van der Waals surface area contributed by atoms with Crippen molar-refractivity contribution < 1.29 is 9.53 Å². The van der Waals surface area contributed by atoms with Crippen molar-refractivity contribution in [3.63, 3.8) is 0 Å². The van der Waals surface area contributed by atoms with Gasteiger partial charge in [-0.2, -0.15) is 11.8 Å². The first-order valence-electron chi connectivity index (χ1n) is 4.66. The molecule has 14 heavy (non-hydrogen) atoms. The summed E-state index contributed by atoms with van der Waals surface area (Å²) in [5, 5.41) is 0.289. The molecule has 0 fully saturated rings. The zero-order valence-corrected chi connectivity index (χ0v) is 9.84. The smallest absolute Gasteiger partial charge is 0.330 e. The fraction of sp³-hybridized carbons (Fsp3) is 0.545. The van der Waals surface area contributed by atoms with Gasteiger partial charge in [0.25, 0.3) is 0 Å². The van der Waals surface area contributed by atoms with Crippen LogP contribution in [-0.2, 0) is 9.53 Å². The predicted octanol–water partition coefficient (Wildman–Crippen LogP) is 2.66. The minimum Gasteiger partial charge on any atom is -0.463 e. The van der Waals surface area contributed by atoms with Crippen molar-refractivity contribution in [2.45, 2.75) is 19.1 Å². The number of esters is 1. The Morgan fingerprint density at radius 2 is 2.29 bits per heavy atom. The summed E-state index contributed by atoms with van der Waals surface area (Å²) in [5.74, 6) is 0.0819. The first kappa shape index (κ1) is 13.3. The van der Waals surface area contributed by atoms with Crippen LogP contribution in [0, 0.1) is 5.92 Å². The highest BCUT2D eigenvalue weighted by molar-refractivity contribution is 7.99. The van der Waals surface area contributed by atoms with Crippen LogP contribution in [0.3, 0.4) is 0 Å². The van der Waals surface area contributed by atoms with Gasteiger partial charge in [0.1, 0.15) is 0 Å². The van der Waals surface area contributed by atoms with Gasteiger partial charge in [-0.3, -0.25) is 0 Å². The van der Waals surface area contributed by atoms with Gasteiger partial charge in [-0.15, -0.1) is 6.58 Å². The molecule has 0 aliphatic heterocycles. The van der Waals surface area contributed by atoms with E-state index in [1.807, 2.05) is 18.4 Å². The van der Waals surface area contributed by atoms with E-state index in [4.69, 9.17) is 4.74 Å². The van der Waals surface area contributed by atoms with E-state index >= 15 is 0 Å². The van der Waals surface area contributed by atoms with E-state index in [0.29, 0.717) is 12.5 Å². The van der Waals surface area contributed by atoms with Gasteiger partial charge in [0.15, 0.2) is 0 Å². The van der Waals surface area contributed by atoms with Crippen LogP contribution in [0.25, 0.3) is 0 Å². The van der Waals surface area contributed by atoms with Crippen LogP contribution in [0.15, 0.2) is 24.8 Å². The maximum Gasteiger partial charge on any atom is 0.330 e. The van der Waals surface area contributed by atoms with Gasteiger partial charge in [-0.25, -0.2) is 4.79 Å². The quantitative estimate of drug-likeness (QED) is 0.386. The lowest BCUT2D eigenvalue weighted by atomic mass is 10.1. The van der Waals surface area contributed by atoms with Crippen LogP contribution < -0.4 is 0 Å². The minimum atomic E-state index is -0.275. The van der Waals surface area contributed by atoms with Crippen LogP contribution in [-0.4, -0.2) is 24.1 Å². The average Bonchev–Trinajstić information content (AvgIpc) is 2.18. The van der Waals surface area contributed by atoms with Crippen LogP contribution in [0.4, 0.5) is 0 Å². The van der Waals surface area contributed by atoms with Crippen molar-refractivity contribution in [2.75, 3.05) is 12.9 Å². The third-order valence-corrected chi connectivity index (χ3v) is 3.00. The first-order valence-corrected chi connectivity index (χ1v) is 5.94. The maximum atomic E-state index is 11.0. The van der Waals surface area contributed by atoms with Crippen molar-refractivity contribution in [1.29, 1.82) is 0 Å². The van der Waals surface area contributed by atoms with Crippen LogP contribution >= 0.6 is 11.8 Å². The van der Waals surface area contributed by atoms with E-state index in [1.165, 1.54) is 6.08 Å². The zero-order valence-electron chi connectivity index (χ0n) is 9.03. The predicted molar refractivity (Wildman–Crippen MR) is 62.4 cm³/mol. The van der Waals surface area contributed by atoms with E-state index in [9.17, 15) is 4.79 Å². The highest BCUT2D eigenvalue weighted by Gasteiger charge is 2.09. The molecule has 2 atom stereocenters. The molecule has 0 aliphatic carbocycles. The SMILES string of the molecule is C=CC(C)C(C=CC(=O)OCC)SC. The van der Waals surface area contributed by atoms with Crippen molar-refractivity contribution in [3.8, 4) is 0 Å². The minimum absolute atomic E-state index is 0.275. The molecule has 0 heterocycles. The molecule has 0 radical (unpaired) electrons. The summed E-state index contributed by atoms with van der Waals surface area (Å²) in [6.07, 6.45) is 7.26. The number of hydrogen-bond acceptors (Lipinski definition) is 3. The highest BCUT2D eigenvalue weighted by Crippen LogP contribution is 2.19. The average molecular weight is 214 g/mol. The first-order chi connectivity index (χ1) is 6.65. The van der Waals surface area contributed by atoms with Gasteiger partial charge >= 0.3 is 5.97 Å². The second kappa shape index (κ2) is 7.68. The lowest BCUT2D eigenvalue weighted by Gasteiger charge is -2.14. The van der Waals surface area contributed by atoms with Gasteiger partial charge < -0.3 is 4.74 Å². The summed E-state index contributed by atoms with van der Waals surface area (Å²) in [5.41, 5.74) is 0. The largest absolute Gasteiger partial charge is 0.463 e. The second-order valence-corrected chi connectivity index (χ2v) is 3.92. The Hall–Kier alpha value is -0.700. The summed E-state index contributed by atoms with van der Waals surface area (Å²) >= 11 is 1.70. The van der Waals surface area contributed by atoms with E-state index in [1.54, 1.807) is 18.7 Å². The van der Waals surface area contributed by atoms with E-state index < -0.39 is 0 Å². The molecule has 0 N–H and O–H groups in total. The number of carbonyl (C=O) groups is 1. The third kappa shape index (κ3) is 5.12.